The fourth-order valence-electron chi connectivity index (χ4n) is 5.09. The van der Waals surface area contributed by atoms with E-state index >= 15 is 0 Å². The molecule has 2 fully saturated rings. The monoisotopic (exact) mass is 371 g/mol. The Morgan fingerprint density at radius 3 is 2.48 bits per heavy atom. The zero-order chi connectivity index (χ0) is 18.9. The molecule has 6 heteroatoms. The molecular weight excluding hydrogens is 342 g/mol. The largest absolute Gasteiger partial charge is 0.378 e. The number of piperidine rings is 1. The van der Waals surface area contributed by atoms with E-state index in [1.165, 1.54) is 11.1 Å². The van der Waals surface area contributed by atoms with Crippen molar-refractivity contribution < 1.29 is 14.3 Å². The van der Waals surface area contributed by atoms with E-state index in [0.717, 1.165) is 32.4 Å². The Kier molecular flexibility index (Phi) is 5.08. The number of ether oxygens (including phenoxy) is 1. The highest BCUT2D eigenvalue weighted by molar-refractivity contribution is 5.77. The van der Waals surface area contributed by atoms with Crippen LogP contribution < -0.4 is 5.32 Å². The average molecular weight is 371 g/mol. The van der Waals surface area contributed by atoms with Crippen LogP contribution >= 0.6 is 0 Å². The number of amides is 3. The highest BCUT2D eigenvalue weighted by Crippen LogP contribution is 2.52. The van der Waals surface area contributed by atoms with E-state index in [9.17, 15) is 9.59 Å². The lowest BCUT2D eigenvalue weighted by atomic mass is 9.73. The van der Waals surface area contributed by atoms with Crippen LogP contribution in [0.1, 0.15) is 42.7 Å². The zero-order valence-electron chi connectivity index (χ0n) is 16.1. The van der Waals surface area contributed by atoms with Crippen molar-refractivity contribution in [3.05, 3.63) is 35.4 Å². The highest BCUT2D eigenvalue weighted by Gasteiger charge is 2.46. The number of urea groups is 1. The molecule has 4 rings (SSSR count). The summed E-state index contributed by atoms with van der Waals surface area (Å²) in [5.74, 6) is 0.384. The molecule has 2 aliphatic heterocycles. The van der Waals surface area contributed by atoms with E-state index in [4.69, 9.17) is 4.74 Å². The molecule has 146 valence electrons. The minimum Gasteiger partial charge on any atom is -0.378 e. The first-order valence-electron chi connectivity index (χ1n) is 10.0. The minimum atomic E-state index is 0.104. The summed E-state index contributed by atoms with van der Waals surface area (Å²) in [4.78, 5) is 28.7. The van der Waals surface area contributed by atoms with Crippen LogP contribution in [0.25, 0.3) is 0 Å². The normalized spacial score (nSPS) is 24.0. The molecule has 3 aliphatic rings. The highest BCUT2D eigenvalue weighted by atomic mass is 16.5. The summed E-state index contributed by atoms with van der Waals surface area (Å²) in [5.41, 5.74) is 2.84. The summed E-state index contributed by atoms with van der Waals surface area (Å²) in [6.45, 7) is 4.24. The zero-order valence-corrected chi connectivity index (χ0v) is 16.1. The van der Waals surface area contributed by atoms with E-state index in [-0.39, 0.29) is 23.3 Å². The predicted molar refractivity (Wildman–Crippen MR) is 103 cm³/mol. The number of nitrogens with zero attached hydrogens (tertiary/aromatic N) is 2. The maximum atomic E-state index is 12.8. The molecule has 27 heavy (non-hydrogen) atoms. The van der Waals surface area contributed by atoms with Crippen molar-refractivity contribution in [3.8, 4) is 0 Å². The molecule has 1 aromatic carbocycles. The number of likely N-dealkylation sites (tertiary alicyclic amines) is 1. The summed E-state index contributed by atoms with van der Waals surface area (Å²) >= 11 is 0. The maximum Gasteiger partial charge on any atom is 0.320 e. The van der Waals surface area contributed by atoms with Gasteiger partial charge in [-0.15, -0.1) is 0 Å². The molecule has 0 saturated carbocycles. The maximum absolute atomic E-state index is 12.8. The molecular formula is C21H29N3O3. The van der Waals surface area contributed by atoms with Crippen molar-refractivity contribution in [1.82, 2.24) is 15.1 Å². The van der Waals surface area contributed by atoms with Crippen LogP contribution in [0.15, 0.2) is 24.3 Å². The second-order valence-electron chi connectivity index (χ2n) is 8.01. The first-order valence-corrected chi connectivity index (χ1v) is 10.0. The Morgan fingerprint density at radius 2 is 1.78 bits per heavy atom. The van der Waals surface area contributed by atoms with Crippen LogP contribution in [0.2, 0.25) is 0 Å². The Hall–Kier alpha value is -2.08. The van der Waals surface area contributed by atoms with Gasteiger partial charge in [0.05, 0.1) is 13.2 Å². The molecule has 1 N–H and O–H groups in total. The number of nitrogens with one attached hydrogen (secondary N) is 1. The molecule has 2 saturated heterocycles. The minimum absolute atomic E-state index is 0.104. The molecule has 0 bridgehead atoms. The van der Waals surface area contributed by atoms with Crippen LogP contribution in [0.5, 0.6) is 0 Å². The lowest BCUT2D eigenvalue weighted by Gasteiger charge is -2.42. The number of morpholine rings is 1. The van der Waals surface area contributed by atoms with Gasteiger partial charge < -0.3 is 19.9 Å². The Morgan fingerprint density at radius 1 is 1.11 bits per heavy atom. The van der Waals surface area contributed by atoms with Gasteiger partial charge in [0.1, 0.15) is 0 Å². The standard InChI is InChI=1S/C21H29N3O3/c1-22-19(25)14-16-15-21(18-5-3-2-4-17(16)18)6-8-23(9-7-21)20(26)24-10-12-27-13-11-24/h2-5,16H,6-15H2,1H3,(H,22,25)/t16-/m1/s1. The number of hydrogen-bond donors (Lipinski definition) is 1. The van der Waals surface area contributed by atoms with Gasteiger partial charge in [0, 0.05) is 39.6 Å². The molecule has 3 amide bonds. The van der Waals surface area contributed by atoms with Crippen molar-refractivity contribution >= 4 is 11.9 Å². The topological polar surface area (TPSA) is 61.9 Å². The third-order valence-electron chi connectivity index (χ3n) is 6.59. The van der Waals surface area contributed by atoms with Gasteiger partial charge in [-0.3, -0.25) is 4.79 Å². The molecule has 2 heterocycles. The predicted octanol–water partition coefficient (Wildman–Crippen LogP) is 2.10. The summed E-state index contributed by atoms with van der Waals surface area (Å²) in [7, 11) is 1.70. The number of carbonyl (C=O) groups is 2. The van der Waals surface area contributed by atoms with E-state index in [0.29, 0.717) is 32.7 Å². The summed E-state index contributed by atoms with van der Waals surface area (Å²) in [6.07, 6.45) is 3.51. The number of rotatable bonds is 2. The molecule has 6 nitrogen and oxygen atoms in total. The lowest BCUT2D eigenvalue weighted by Crippen LogP contribution is -2.52. The van der Waals surface area contributed by atoms with Crippen LogP contribution in [0.3, 0.4) is 0 Å². The number of hydrogen-bond acceptors (Lipinski definition) is 3. The van der Waals surface area contributed by atoms with Gasteiger partial charge in [-0.1, -0.05) is 24.3 Å². The average Bonchev–Trinajstić information content (AvgIpc) is 3.02. The van der Waals surface area contributed by atoms with Crippen LogP contribution in [-0.2, 0) is 14.9 Å². The molecule has 1 aliphatic carbocycles. The van der Waals surface area contributed by atoms with Crippen molar-refractivity contribution in [3.63, 3.8) is 0 Å². The molecule has 1 spiro atoms. The van der Waals surface area contributed by atoms with Crippen LogP contribution in [0, 0.1) is 0 Å². The third-order valence-corrected chi connectivity index (χ3v) is 6.59. The Balaban J connectivity index is 1.47. The van der Waals surface area contributed by atoms with Crippen molar-refractivity contribution in [2.75, 3.05) is 46.4 Å². The Labute approximate surface area is 160 Å². The molecule has 0 radical (unpaired) electrons. The van der Waals surface area contributed by atoms with Gasteiger partial charge in [0.15, 0.2) is 0 Å². The number of benzene rings is 1. The van der Waals surface area contributed by atoms with Crippen molar-refractivity contribution in [2.45, 2.75) is 37.0 Å². The summed E-state index contributed by atoms with van der Waals surface area (Å²) < 4.78 is 5.36. The fourth-order valence-corrected chi connectivity index (χ4v) is 5.09. The van der Waals surface area contributed by atoms with Gasteiger partial charge in [0.2, 0.25) is 5.91 Å². The van der Waals surface area contributed by atoms with E-state index in [1.807, 2.05) is 9.80 Å². The van der Waals surface area contributed by atoms with Crippen molar-refractivity contribution in [1.29, 1.82) is 0 Å². The fraction of sp³-hybridized carbons (Fsp3) is 0.619. The third kappa shape index (κ3) is 3.43. The molecule has 0 unspecified atom stereocenters. The van der Waals surface area contributed by atoms with Crippen LogP contribution in [-0.4, -0.2) is 68.2 Å². The Bertz CT molecular complexity index is 706. The van der Waals surface area contributed by atoms with E-state index in [2.05, 4.69) is 29.6 Å². The second kappa shape index (κ2) is 7.50. The van der Waals surface area contributed by atoms with Gasteiger partial charge in [-0.05, 0) is 41.7 Å². The smallest absolute Gasteiger partial charge is 0.320 e. The summed E-state index contributed by atoms with van der Waals surface area (Å²) in [6, 6.07) is 8.75. The van der Waals surface area contributed by atoms with Gasteiger partial charge >= 0.3 is 6.03 Å². The summed E-state index contributed by atoms with van der Waals surface area (Å²) in [5, 5.41) is 2.76. The first kappa shape index (κ1) is 18.3. The van der Waals surface area contributed by atoms with Gasteiger partial charge in [-0.2, -0.15) is 0 Å². The van der Waals surface area contributed by atoms with Gasteiger partial charge in [0.25, 0.3) is 0 Å². The lowest BCUT2D eigenvalue weighted by molar-refractivity contribution is -0.121. The molecule has 1 atom stereocenters. The quantitative estimate of drug-likeness (QED) is 0.866. The van der Waals surface area contributed by atoms with Gasteiger partial charge in [-0.25, -0.2) is 4.79 Å². The number of carbonyl (C=O) groups excluding carboxylic acids is 2. The second-order valence-corrected chi connectivity index (χ2v) is 8.01. The van der Waals surface area contributed by atoms with Crippen molar-refractivity contribution in [2.24, 2.45) is 0 Å². The van der Waals surface area contributed by atoms with Crippen LogP contribution in [0.4, 0.5) is 4.79 Å². The van der Waals surface area contributed by atoms with E-state index in [1.54, 1.807) is 7.05 Å². The SMILES string of the molecule is CNC(=O)C[C@@H]1CC2(CCN(C(=O)N3CCOCC3)CC2)c2ccccc21. The number of fused-ring (bicyclic) bond motifs is 2. The first-order chi connectivity index (χ1) is 13.1. The van der Waals surface area contributed by atoms with E-state index < -0.39 is 0 Å². The molecule has 0 aromatic heterocycles. The molecule has 1 aromatic rings.